The van der Waals surface area contributed by atoms with Crippen molar-refractivity contribution >= 4 is 11.6 Å². The van der Waals surface area contributed by atoms with Crippen molar-refractivity contribution in [3.8, 4) is 11.1 Å². The fourth-order valence-electron chi connectivity index (χ4n) is 3.47. The number of ether oxygens (including phenoxy) is 1. The monoisotopic (exact) mass is 514 g/mol. The predicted octanol–water partition coefficient (Wildman–Crippen LogP) is 4.31. The van der Waals surface area contributed by atoms with Gasteiger partial charge in [0.25, 0.3) is 0 Å². The fraction of sp³-hybridized carbons (Fsp3) is 0.240. The summed E-state index contributed by atoms with van der Waals surface area (Å²) in [6.07, 6.45) is 3.34. The van der Waals surface area contributed by atoms with Gasteiger partial charge in [0, 0.05) is 37.7 Å². The first kappa shape index (κ1) is 25.9. The summed E-state index contributed by atoms with van der Waals surface area (Å²) in [7, 11) is 1.63. The van der Waals surface area contributed by atoms with Crippen molar-refractivity contribution in [1.29, 1.82) is 0 Å². The molecule has 12 heteroatoms. The summed E-state index contributed by atoms with van der Waals surface area (Å²) < 4.78 is 59.3. The van der Waals surface area contributed by atoms with Crippen LogP contribution in [0.5, 0.6) is 0 Å². The Morgan fingerprint density at radius 1 is 1.03 bits per heavy atom. The topological polar surface area (TPSA) is 94.8 Å². The highest BCUT2D eigenvalue weighted by Crippen LogP contribution is 2.28. The van der Waals surface area contributed by atoms with Gasteiger partial charge in [-0.1, -0.05) is 12.1 Å². The first-order chi connectivity index (χ1) is 17.7. The van der Waals surface area contributed by atoms with Gasteiger partial charge in [0.15, 0.2) is 0 Å². The number of benzene rings is 1. The van der Waals surface area contributed by atoms with Crippen LogP contribution in [-0.4, -0.2) is 44.4 Å². The lowest BCUT2D eigenvalue weighted by Gasteiger charge is -2.09. The van der Waals surface area contributed by atoms with Crippen LogP contribution in [0.25, 0.3) is 11.1 Å². The van der Waals surface area contributed by atoms with Crippen molar-refractivity contribution < 1.29 is 27.1 Å². The zero-order chi connectivity index (χ0) is 26.4. The molecule has 8 nitrogen and oxygen atoms in total. The number of carbonyl (C=O) groups excluding carboxylic acids is 1. The summed E-state index contributed by atoms with van der Waals surface area (Å²) >= 11 is 0. The van der Waals surface area contributed by atoms with Gasteiger partial charge in [-0.05, 0) is 34.9 Å². The van der Waals surface area contributed by atoms with Crippen molar-refractivity contribution in [3.63, 3.8) is 0 Å². The Morgan fingerprint density at radius 3 is 2.46 bits per heavy atom. The number of halogens is 4. The van der Waals surface area contributed by atoms with Gasteiger partial charge >= 0.3 is 6.18 Å². The maximum Gasteiger partial charge on any atom is 0.433 e. The molecule has 37 heavy (non-hydrogen) atoms. The van der Waals surface area contributed by atoms with Crippen LogP contribution in [0.15, 0.2) is 61.3 Å². The smallest absolute Gasteiger partial charge is 0.383 e. The third-order valence-corrected chi connectivity index (χ3v) is 5.35. The number of alkyl halides is 3. The van der Waals surface area contributed by atoms with Crippen molar-refractivity contribution in [2.24, 2.45) is 0 Å². The van der Waals surface area contributed by atoms with Crippen LogP contribution in [0.1, 0.15) is 22.6 Å². The van der Waals surface area contributed by atoms with Gasteiger partial charge < -0.3 is 10.1 Å². The van der Waals surface area contributed by atoms with Gasteiger partial charge in [0.1, 0.15) is 17.3 Å². The summed E-state index contributed by atoms with van der Waals surface area (Å²) in [5, 5.41) is 6.67. The third kappa shape index (κ3) is 6.94. The molecule has 0 unspecified atom stereocenters. The van der Waals surface area contributed by atoms with E-state index in [0.717, 1.165) is 23.9 Å². The lowest BCUT2D eigenvalue weighted by Crippen LogP contribution is -2.16. The largest absolute Gasteiger partial charge is 0.433 e. The normalized spacial score (nSPS) is 11.5. The molecule has 1 N–H and O–H groups in total. The van der Waals surface area contributed by atoms with Crippen molar-refractivity contribution in [2.45, 2.75) is 25.6 Å². The van der Waals surface area contributed by atoms with Gasteiger partial charge in [0.05, 0.1) is 37.7 Å². The Labute approximate surface area is 209 Å². The number of pyridine rings is 1. The van der Waals surface area contributed by atoms with Crippen LogP contribution >= 0.6 is 0 Å². The molecule has 0 radical (unpaired) electrons. The average Bonchev–Trinajstić information content (AvgIpc) is 3.31. The third-order valence-electron chi connectivity index (χ3n) is 5.35. The summed E-state index contributed by atoms with van der Waals surface area (Å²) in [6, 6.07) is 6.24. The van der Waals surface area contributed by atoms with E-state index in [2.05, 4.69) is 25.4 Å². The number of hydrogen-bond donors (Lipinski definition) is 1. The SMILES string of the molecule is COCCn1cc(Cc2ncc(-c3ccc(CC(=O)Nc4ccc(C(F)(F)F)nc4)c(F)c3)cn2)cn1. The van der Waals surface area contributed by atoms with E-state index in [1.807, 2.05) is 6.20 Å². The number of rotatable bonds is 9. The van der Waals surface area contributed by atoms with E-state index in [4.69, 9.17) is 4.74 Å². The first-order valence-corrected chi connectivity index (χ1v) is 11.1. The molecule has 0 saturated heterocycles. The molecular weight excluding hydrogens is 492 g/mol. The van der Waals surface area contributed by atoms with E-state index in [9.17, 15) is 22.4 Å². The molecule has 0 aliphatic heterocycles. The highest BCUT2D eigenvalue weighted by atomic mass is 19.4. The number of anilines is 1. The predicted molar refractivity (Wildman–Crippen MR) is 126 cm³/mol. The Morgan fingerprint density at radius 2 is 1.81 bits per heavy atom. The molecule has 0 atom stereocenters. The molecule has 0 bridgehead atoms. The van der Waals surface area contributed by atoms with Crippen LogP contribution in [0, 0.1) is 5.82 Å². The molecule has 0 aliphatic carbocycles. The first-order valence-electron chi connectivity index (χ1n) is 11.1. The van der Waals surface area contributed by atoms with Crippen LogP contribution < -0.4 is 5.32 Å². The molecule has 1 aromatic carbocycles. The summed E-state index contributed by atoms with van der Waals surface area (Å²) in [5.74, 6) is -0.612. The molecular formula is C25H22F4N6O2. The number of aromatic nitrogens is 5. The number of carbonyl (C=O) groups is 1. The van der Waals surface area contributed by atoms with E-state index in [1.165, 1.54) is 12.1 Å². The lowest BCUT2D eigenvalue weighted by molar-refractivity contribution is -0.141. The molecule has 0 fully saturated rings. The second kappa shape index (κ2) is 11.2. The molecule has 0 saturated carbocycles. The average molecular weight is 514 g/mol. The number of nitrogens with zero attached hydrogens (tertiary/aromatic N) is 5. The summed E-state index contributed by atoms with van der Waals surface area (Å²) in [4.78, 5) is 24.2. The maximum absolute atomic E-state index is 14.7. The lowest BCUT2D eigenvalue weighted by atomic mass is 10.0. The van der Waals surface area contributed by atoms with Gasteiger partial charge in [-0.15, -0.1) is 0 Å². The van der Waals surface area contributed by atoms with E-state index in [-0.39, 0.29) is 17.7 Å². The second-order valence-corrected chi connectivity index (χ2v) is 8.13. The minimum atomic E-state index is -4.58. The van der Waals surface area contributed by atoms with Crippen molar-refractivity contribution in [3.05, 3.63) is 89.8 Å². The van der Waals surface area contributed by atoms with Gasteiger partial charge in [-0.3, -0.25) is 9.48 Å². The maximum atomic E-state index is 14.7. The summed E-state index contributed by atoms with van der Waals surface area (Å²) in [5.41, 5.74) is 1.22. The minimum absolute atomic E-state index is 0.0783. The Hall–Kier alpha value is -4.19. The highest BCUT2D eigenvalue weighted by Gasteiger charge is 2.32. The molecule has 3 heterocycles. The van der Waals surface area contributed by atoms with E-state index in [1.54, 1.807) is 36.4 Å². The Kier molecular flexibility index (Phi) is 7.87. The Balaban J connectivity index is 1.36. The van der Waals surface area contributed by atoms with Crippen LogP contribution in [-0.2, 0) is 35.1 Å². The molecule has 0 spiro atoms. The van der Waals surface area contributed by atoms with Gasteiger partial charge in [-0.2, -0.15) is 18.3 Å². The van der Waals surface area contributed by atoms with E-state index >= 15 is 0 Å². The zero-order valence-electron chi connectivity index (χ0n) is 19.7. The standard InChI is InChI=1S/C25H22F4N6O2/c1-37-7-6-35-15-16(11-33-35)8-23-31-12-19(13-32-23)17-2-3-18(21(26)9-17)10-24(36)34-20-4-5-22(30-14-20)25(27,28)29/h2-5,9,11-15H,6-8,10H2,1H3,(H,34,36). The highest BCUT2D eigenvalue weighted by molar-refractivity contribution is 5.92. The van der Waals surface area contributed by atoms with Crippen molar-refractivity contribution in [1.82, 2.24) is 24.7 Å². The van der Waals surface area contributed by atoms with Gasteiger partial charge in [0.2, 0.25) is 5.91 Å². The van der Waals surface area contributed by atoms with E-state index < -0.39 is 23.6 Å². The van der Waals surface area contributed by atoms with Crippen LogP contribution in [0.4, 0.5) is 23.2 Å². The van der Waals surface area contributed by atoms with E-state index in [0.29, 0.717) is 36.5 Å². The number of methoxy groups -OCH3 is 1. The van der Waals surface area contributed by atoms with Gasteiger partial charge in [-0.25, -0.2) is 19.3 Å². The minimum Gasteiger partial charge on any atom is -0.383 e. The second-order valence-electron chi connectivity index (χ2n) is 8.13. The number of nitrogens with one attached hydrogen (secondary N) is 1. The molecule has 4 rings (SSSR count). The number of hydrogen-bond acceptors (Lipinski definition) is 6. The zero-order valence-corrected chi connectivity index (χ0v) is 19.7. The molecule has 1 amide bonds. The van der Waals surface area contributed by atoms with Crippen molar-refractivity contribution in [2.75, 3.05) is 19.0 Å². The molecule has 3 aromatic heterocycles. The van der Waals surface area contributed by atoms with Crippen LogP contribution in [0.3, 0.4) is 0 Å². The quantitative estimate of drug-likeness (QED) is 0.335. The summed E-state index contributed by atoms with van der Waals surface area (Å²) in [6.45, 7) is 1.20. The molecule has 192 valence electrons. The fourth-order valence-corrected chi connectivity index (χ4v) is 3.47. The van der Waals surface area contributed by atoms with Crippen LogP contribution in [0.2, 0.25) is 0 Å². The number of amides is 1. The Bertz CT molecular complexity index is 1360. The molecule has 0 aliphatic rings. The molecule has 4 aromatic rings.